The third kappa shape index (κ3) is 5.49. The third-order valence-electron chi connectivity index (χ3n) is 7.84. The highest BCUT2D eigenvalue weighted by molar-refractivity contribution is 7.07. The van der Waals surface area contributed by atoms with Crippen LogP contribution < -0.4 is 14.9 Å². The predicted molar refractivity (Wildman–Crippen MR) is 176 cm³/mol. The molecule has 0 fully saturated rings. The Labute approximate surface area is 263 Å². The third-order valence-corrected chi connectivity index (χ3v) is 9.31. The van der Waals surface area contributed by atoms with Crippen LogP contribution in [0.3, 0.4) is 0 Å². The summed E-state index contributed by atoms with van der Waals surface area (Å²) in [7, 11) is 0. The van der Waals surface area contributed by atoms with Crippen LogP contribution in [-0.4, -0.2) is 33.0 Å². The largest absolute Gasteiger partial charge is 0.342 e. The number of benzene rings is 3. The first-order valence-corrected chi connectivity index (χ1v) is 15.8. The van der Waals surface area contributed by atoms with Gasteiger partial charge in [0.1, 0.15) is 0 Å². The molecule has 3 aromatic carbocycles. The van der Waals surface area contributed by atoms with E-state index in [9.17, 15) is 9.59 Å². The van der Waals surface area contributed by atoms with Crippen molar-refractivity contribution in [3.8, 4) is 0 Å². The van der Waals surface area contributed by atoms with Gasteiger partial charge in [-0.1, -0.05) is 77.0 Å². The van der Waals surface area contributed by atoms with Crippen LogP contribution in [0.4, 0.5) is 0 Å². The molecule has 43 heavy (non-hydrogen) atoms. The van der Waals surface area contributed by atoms with E-state index in [4.69, 9.17) is 28.2 Å². The van der Waals surface area contributed by atoms with Crippen LogP contribution in [0.5, 0.6) is 0 Å². The molecule has 6 rings (SSSR count). The zero-order valence-electron chi connectivity index (χ0n) is 24.1. The summed E-state index contributed by atoms with van der Waals surface area (Å²) in [5.74, 6) is -0.121. The minimum atomic E-state index is -0.618. The van der Waals surface area contributed by atoms with Crippen LogP contribution >= 0.6 is 34.5 Å². The van der Waals surface area contributed by atoms with Crippen LogP contribution in [0, 0.1) is 0 Å². The van der Waals surface area contributed by atoms with Crippen molar-refractivity contribution < 1.29 is 4.79 Å². The summed E-state index contributed by atoms with van der Waals surface area (Å²) >= 11 is 13.8. The number of nitrogens with zero attached hydrogens (tertiary/aromatic N) is 4. The average molecular weight is 630 g/mol. The standard InChI is InChI=1S/C34H30Cl2N4O2S/c1-4-38(5-2)33(42)30-21(3)37-34-40(31(30)23-13-15-25(35)16-14-23)32(41)29(43-34)18-24-20-39(28-12-7-6-11-27(24)28)19-22-9-8-10-26(36)17-22/h6-18,20,31H,4-5,19H2,1-3H3/b29-18+/t31-/m1/s1. The Hall–Kier alpha value is -3.91. The van der Waals surface area contributed by atoms with E-state index in [2.05, 4.69) is 29.0 Å². The molecule has 0 saturated heterocycles. The summed E-state index contributed by atoms with van der Waals surface area (Å²) in [5, 5.41) is 2.32. The van der Waals surface area contributed by atoms with Crippen LogP contribution in [0.15, 0.2) is 100 Å². The summed E-state index contributed by atoms with van der Waals surface area (Å²) in [6.45, 7) is 7.51. The number of rotatable bonds is 7. The molecule has 0 aliphatic carbocycles. The monoisotopic (exact) mass is 628 g/mol. The summed E-state index contributed by atoms with van der Waals surface area (Å²) in [6, 6.07) is 22.7. The lowest BCUT2D eigenvalue weighted by Crippen LogP contribution is -2.43. The normalized spacial score (nSPS) is 15.1. The summed E-state index contributed by atoms with van der Waals surface area (Å²) in [4.78, 5) is 35.1. The van der Waals surface area contributed by atoms with Gasteiger partial charge in [0.05, 0.1) is 21.8 Å². The molecule has 0 unspecified atom stereocenters. The van der Waals surface area contributed by atoms with Gasteiger partial charge in [0.25, 0.3) is 11.5 Å². The number of carbonyl (C=O) groups excluding carboxylic acids is 1. The molecule has 6 nitrogen and oxygen atoms in total. The fraction of sp³-hybridized carbons (Fsp3) is 0.206. The molecule has 3 heterocycles. The maximum Gasteiger partial charge on any atom is 0.271 e. The summed E-state index contributed by atoms with van der Waals surface area (Å²) in [6.07, 6.45) is 4.01. The van der Waals surface area contributed by atoms with Crippen molar-refractivity contribution in [2.24, 2.45) is 4.99 Å². The molecule has 0 N–H and O–H groups in total. The number of fused-ring (bicyclic) bond motifs is 2. The number of hydrogen-bond donors (Lipinski definition) is 0. The van der Waals surface area contributed by atoms with Gasteiger partial charge in [-0.25, -0.2) is 4.99 Å². The van der Waals surface area contributed by atoms with E-state index < -0.39 is 6.04 Å². The molecular formula is C34H30Cl2N4O2S. The number of likely N-dealkylation sites (N-methyl/N-ethyl adjacent to an activating group) is 1. The van der Waals surface area contributed by atoms with Crippen LogP contribution in [0.2, 0.25) is 10.0 Å². The molecule has 2 aromatic heterocycles. The molecule has 0 saturated carbocycles. The Bertz CT molecular complexity index is 2070. The highest BCUT2D eigenvalue weighted by Crippen LogP contribution is 2.32. The van der Waals surface area contributed by atoms with Gasteiger partial charge in [-0.2, -0.15) is 0 Å². The molecule has 0 bridgehead atoms. The molecule has 1 atom stereocenters. The Morgan fingerprint density at radius 3 is 2.47 bits per heavy atom. The summed E-state index contributed by atoms with van der Waals surface area (Å²) < 4.78 is 4.38. The molecule has 0 radical (unpaired) electrons. The highest BCUT2D eigenvalue weighted by atomic mass is 35.5. The number of carbonyl (C=O) groups is 1. The van der Waals surface area contributed by atoms with Crippen molar-refractivity contribution in [2.45, 2.75) is 33.4 Å². The van der Waals surface area contributed by atoms with E-state index in [1.165, 1.54) is 11.3 Å². The molecule has 218 valence electrons. The minimum Gasteiger partial charge on any atom is -0.342 e. The van der Waals surface area contributed by atoms with Gasteiger partial charge < -0.3 is 9.47 Å². The first-order valence-electron chi connectivity index (χ1n) is 14.2. The van der Waals surface area contributed by atoms with Crippen molar-refractivity contribution in [1.82, 2.24) is 14.0 Å². The van der Waals surface area contributed by atoms with Gasteiger partial charge >= 0.3 is 0 Å². The maximum atomic E-state index is 14.2. The zero-order chi connectivity index (χ0) is 30.2. The molecule has 9 heteroatoms. The first-order chi connectivity index (χ1) is 20.8. The number of amides is 1. The van der Waals surface area contributed by atoms with Gasteiger partial charge in [-0.05, 0) is 68.3 Å². The van der Waals surface area contributed by atoms with Crippen LogP contribution in [-0.2, 0) is 11.3 Å². The fourth-order valence-corrected chi connectivity index (χ4v) is 7.11. The van der Waals surface area contributed by atoms with Crippen molar-refractivity contribution in [1.29, 1.82) is 0 Å². The van der Waals surface area contributed by atoms with Gasteiger partial charge in [0.15, 0.2) is 4.80 Å². The second kappa shape index (κ2) is 12.0. The van der Waals surface area contributed by atoms with Gasteiger partial charge in [-0.15, -0.1) is 0 Å². The Kier molecular flexibility index (Phi) is 8.14. The van der Waals surface area contributed by atoms with E-state index >= 15 is 0 Å². The second-order valence-electron chi connectivity index (χ2n) is 10.5. The molecule has 1 amide bonds. The van der Waals surface area contributed by atoms with Crippen LogP contribution in [0.25, 0.3) is 17.0 Å². The Morgan fingerprint density at radius 1 is 1.00 bits per heavy atom. The maximum absolute atomic E-state index is 14.2. The van der Waals surface area contributed by atoms with Crippen LogP contribution in [0.1, 0.15) is 43.5 Å². The molecule has 1 aliphatic heterocycles. The lowest BCUT2D eigenvalue weighted by Gasteiger charge is -2.29. The Balaban J connectivity index is 1.52. The molecule has 1 aliphatic rings. The minimum absolute atomic E-state index is 0.121. The fourth-order valence-electron chi connectivity index (χ4n) is 5.73. The van der Waals surface area contributed by atoms with E-state index in [-0.39, 0.29) is 11.5 Å². The van der Waals surface area contributed by atoms with Crippen molar-refractivity contribution >= 4 is 57.4 Å². The lowest BCUT2D eigenvalue weighted by molar-refractivity contribution is -0.127. The Morgan fingerprint density at radius 2 is 1.74 bits per heavy atom. The number of aromatic nitrogens is 2. The predicted octanol–water partition coefficient (Wildman–Crippen LogP) is 6.41. The topological polar surface area (TPSA) is 59.6 Å². The van der Waals surface area contributed by atoms with E-state index in [1.807, 2.05) is 69.3 Å². The number of hydrogen-bond acceptors (Lipinski definition) is 4. The molecular weight excluding hydrogens is 599 g/mol. The smallest absolute Gasteiger partial charge is 0.271 e. The molecule has 5 aromatic rings. The van der Waals surface area contributed by atoms with Crippen molar-refractivity contribution in [3.05, 3.63) is 137 Å². The van der Waals surface area contributed by atoms with E-state index in [1.54, 1.807) is 21.6 Å². The SMILES string of the molecule is CCN(CC)C(=O)C1=C(C)N=c2s/c(=C/c3cn(Cc4cccc(Cl)c4)c4ccccc34)c(=O)n2[C@@H]1c1ccc(Cl)cc1. The average Bonchev–Trinajstić information content (AvgIpc) is 3.49. The number of allylic oxidation sites excluding steroid dienone is 1. The lowest BCUT2D eigenvalue weighted by atomic mass is 9.94. The second-order valence-corrected chi connectivity index (χ2v) is 12.4. The number of thiazole rings is 1. The summed E-state index contributed by atoms with van der Waals surface area (Å²) in [5.41, 5.74) is 4.81. The number of para-hydroxylation sites is 1. The zero-order valence-corrected chi connectivity index (χ0v) is 26.4. The van der Waals surface area contributed by atoms with E-state index in [0.29, 0.717) is 50.3 Å². The van der Waals surface area contributed by atoms with Crippen molar-refractivity contribution in [3.63, 3.8) is 0 Å². The van der Waals surface area contributed by atoms with E-state index in [0.717, 1.165) is 27.6 Å². The first kappa shape index (κ1) is 29.2. The molecule has 0 spiro atoms. The highest BCUT2D eigenvalue weighted by Gasteiger charge is 2.34. The van der Waals surface area contributed by atoms with Gasteiger partial charge in [-0.3, -0.25) is 14.2 Å². The van der Waals surface area contributed by atoms with Crippen molar-refractivity contribution in [2.75, 3.05) is 13.1 Å². The van der Waals surface area contributed by atoms with Gasteiger partial charge in [0.2, 0.25) is 0 Å². The number of halogens is 2. The van der Waals surface area contributed by atoms with Gasteiger partial charge in [0, 0.05) is 52.3 Å². The quantitative estimate of drug-likeness (QED) is 0.209.